The zero-order valence-corrected chi connectivity index (χ0v) is 15.6. The van der Waals surface area contributed by atoms with Crippen LogP contribution >= 0.6 is 0 Å². The van der Waals surface area contributed by atoms with Gasteiger partial charge >= 0.3 is 0 Å². The molecule has 4 heterocycles. The molecule has 0 unspecified atom stereocenters. The third-order valence-electron chi connectivity index (χ3n) is 4.76. The average Bonchev–Trinajstić information content (AvgIpc) is 3.23. The molecular weight excluding hydrogens is 368 g/mol. The average molecular weight is 384 g/mol. The highest BCUT2D eigenvalue weighted by atomic mass is 16.5. The molecule has 8 heteroatoms. The summed E-state index contributed by atoms with van der Waals surface area (Å²) in [6, 6.07) is 14.9. The number of fused-ring (bicyclic) bond motifs is 2. The van der Waals surface area contributed by atoms with Gasteiger partial charge in [-0.05, 0) is 42.5 Å². The molecule has 0 spiro atoms. The first-order valence-electron chi connectivity index (χ1n) is 9.02. The normalized spacial score (nSPS) is 11.2. The number of rotatable bonds is 4. The van der Waals surface area contributed by atoms with E-state index in [9.17, 15) is 4.79 Å². The van der Waals surface area contributed by atoms with Gasteiger partial charge in [0.2, 0.25) is 0 Å². The lowest BCUT2D eigenvalue weighted by Gasteiger charge is -2.11. The fourth-order valence-corrected chi connectivity index (χ4v) is 3.37. The molecular formula is C21H16N6O2. The smallest absolute Gasteiger partial charge is 0.262 e. The highest BCUT2D eigenvalue weighted by Crippen LogP contribution is 2.27. The third-order valence-corrected chi connectivity index (χ3v) is 4.76. The minimum atomic E-state index is -0.163. The topological polar surface area (TPSA) is 87.2 Å². The second kappa shape index (κ2) is 6.83. The molecule has 4 aromatic heterocycles. The molecule has 5 rings (SSSR count). The Bertz CT molecular complexity index is 1370. The van der Waals surface area contributed by atoms with E-state index < -0.39 is 0 Å². The number of pyridine rings is 2. The lowest BCUT2D eigenvalue weighted by molar-refractivity contribution is 0.415. The number of methoxy groups -OCH3 is 1. The van der Waals surface area contributed by atoms with Crippen LogP contribution in [0, 0.1) is 0 Å². The van der Waals surface area contributed by atoms with Crippen LogP contribution in [0.5, 0.6) is 5.75 Å². The van der Waals surface area contributed by atoms with Gasteiger partial charge in [-0.1, -0.05) is 6.07 Å². The Balaban J connectivity index is 1.78. The van der Waals surface area contributed by atoms with Crippen LogP contribution in [0.15, 0.2) is 72.0 Å². The van der Waals surface area contributed by atoms with E-state index in [4.69, 9.17) is 4.74 Å². The van der Waals surface area contributed by atoms with Gasteiger partial charge in [0.1, 0.15) is 12.1 Å². The lowest BCUT2D eigenvalue weighted by atomic mass is 10.1. The molecule has 0 amide bonds. The first-order valence-corrected chi connectivity index (χ1v) is 9.02. The molecule has 142 valence electrons. The van der Waals surface area contributed by atoms with Crippen molar-refractivity contribution in [3.05, 3.63) is 83.3 Å². The van der Waals surface area contributed by atoms with Gasteiger partial charge < -0.3 is 9.30 Å². The predicted octanol–water partition coefficient (Wildman–Crippen LogP) is 2.56. The summed E-state index contributed by atoms with van der Waals surface area (Å²) < 4.78 is 8.48. The first kappa shape index (κ1) is 17.1. The van der Waals surface area contributed by atoms with Gasteiger partial charge in [0.25, 0.3) is 11.3 Å². The summed E-state index contributed by atoms with van der Waals surface area (Å²) in [5.74, 6) is 1.17. The second-order valence-electron chi connectivity index (χ2n) is 6.49. The molecule has 0 fully saturated rings. The van der Waals surface area contributed by atoms with Crippen molar-refractivity contribution >= 4 is 16.7 Å². The molecule has 1 aromatic carbocycles. The zero-order valence-electron chi connectivity index (χ0n) is 15.6. The first-order chi connectivity index (χ1) is 14.2. The van der Waals surface area contributed by atoms with Crippen LogP contribution in [0.3, 0.4) is 0 Å². The molecule has 0 radical (unpaired) electrons. The van der Waals surface area contributed by atoms with E-state index in [1.807, 2.05) is 48.5 Å². The fourth-order valence-electron chi connectivity index (χ4n) is 3.37. The maximum atomic E-state index is 13.4. The van der Waals surface area contributed by atoms with Crippen molar-refractivity contribution in [3.8, 4) is 17.0 Å². The monoisotopic (exact) mass is 384 g/mol. The number of aromatic nitrogens is 6. The largest absolute Gasteiger partial charge is 0.497 e. The van der Waals surface area contributed by atoms with E-state index >= 15 is 0 Å². The quantitative estimate of drug-likeness (QED) is 0.473. The maximum Gasteiger partial charge on any atom is 0.262 e. The summed E-state index contributed by atoms with van der Waals surface area (Å²) in [4.78, 5) is 26.5. The van der Waals surface area contributed by atoms with E-state index in [0.717, 1.165) is 17.0 Å². The Hall–Kier alpha value is -4.07. The number of hydrogen-bond donors (Lipinski definition) is 0. The predicted molar refractivity (Wildman–Crippen MR) is 108 cm³/mol. The molecule has 0 saturated heterocycles. The SMILES string of the molecule is COc1ccc(-c2c3c(=O)n(Cc4ccccn4)ccc3nc3ncnn23)cc1. The van der Waals surface area contributed by atoms with Crippen LogP contribution in [0.1, 0.15) is 5.69 Å². The van der Waals surface area contributed by atoms with Crippen molar-refractivity contribution in [1.29, 1.82) is 0 Å². The minimum absolute atomic E-state index is 0.163. The molecule has 0 aliphatic rings. The minimum Gasteiger partial charge on any atom is -0.497 e. The van der Waals surface area contributed by atoms with Crippen molar-refractivity contribution in [2.75, 3.05) is 7.11 Å². The number of hydrogen-bond acceptors (Lipinski definition) is 6. The van der Waals surface area contributed by atoms with Crippen molar-refractivity contribution < 1.29 is 4.74 Å². The third kappa shape index (κ3) is 2.91. The van der Waals surface area contributed by atoms with Gasteiger partial charge in [-0.25, -0.2) is 4.98 Å². The molecule has 0 aliphatic carbocycles. The highest BCUT2D eigenvalue weighted by molar-refractivity contribution is 5.93. The highest BCUT2D eigenvalue weighted by Gasteiger charge is 2.17. The molecule has 0 atom stereocenters. The van der Waals surface area contributed by atoms with Crippen LogP contribution in [-0.4, -0.2) is 36.2 Å². The molecule has 0 N–H and O–H groups in total. The van der Waals surface area contributed by atoms with Gasteiger partial charge in [0, 0.05) is 18.0 Å². The molecule has 0 saturated carbocycles. The Kier molecular flexibility index (Phi) is 4.02. The van der Waals surface area contributed by atoms with Crippen LogP contribution in [-0.2, 0) is 6.54 Å². The molecule has 5 aromatic rings. The van der Waals surface area contributed by atoms with Crippen LogP contribution < -0.4 is 10.3 Å². The van der Waals surface area contributed by atoms with E-state index in [2.05, 4.69) is 20.1 Å². The summed E-state index contributed by atoms with van der Waals surface area (Å²) in [6.07, 6.45) is 4.88. The number of nitrogens with zero attached hydrogens (tertiary/aromatic N) is 6. The van der Waals surface area contributed by atoms with Crippen molar-refractivity contribution in [3.63, 3.8) is 0 Å². The van der Waals surface area contributed by atoms with Gasteiger partial charge in [0.15, 0.2) is 0 Å². The van der Waals surface area contributed by atoms with Gasteiger partial charge in [-0.2, -0.15) is 14.6 Å². The van der Waals surface area contributed by atoms with Crippen molar-refractivity contribution in [1.82, 2.24) is 29.1 Å². The molecule has 0 aliphatic heterocycles. The molecule has 29 heavy (non-hydrogen) atoms. The molecule has 0 bridgehead atoms. The van der Waals surface area contributed by atoms with E-state index in [-0.39, 0.29) is 5.56 Å². The summed E-state index contributed by atoms with van der Waals surface area (Å²) in [6.45, 7) is 0.368. The van der Waals surface area contributed by atoms with Crippen LogP contribution in [0.2, 0.25) is 0 Å². The fraction of sp³-hybridized carbons (Fsp3) is 0.0952. The van der Waals surface area contributed by atoms with Gasteiger partial charge in [-0.15, -0.1) is 0 Å². The number of ether oxygens (including phenoxy) is 1. The summed E-state index contributed by atoms with van der Waals surface area (Å²) in [5, 5.41) is 4.77. The Labute approximate surface area is 165 Å². The Morgan fingerprint density at radius 2 is 1.90 bits per heavy atom. The summed E-state index contributed by atoms with van der Waals surface area (Å²) in [5.41, 5.74) is 2.67. The van der Waals surface area contributed by atoms with Crippen molar-refractivity contribution in [2.24, 2.45) is 0 Å². The maximum absolute atomic E-state index is 13.4. The standard InChI is InChI=1S/C21H16N6O2/c1-29-16-7-5-14(6-8-16)19-18-17(25-21-23-13-24-27(19)21)9-11-26(20(18)28)12-15-4-2-3-10-22-15/h2-11,13H,12H2,1H3. The Morgan fingerprint density at radius 3 is 2.66 bits per heavy atom. The summed E-state index contributed by atoms with van der Waals surface area (Å²) >= 11 is 0. The molecule has 8 nitrogen and oxygen atoms in total. The van der Waals surface area contributed by atoms with E-state index in [1.54, 1.807) is 28.6 Å². The second-order valence-corrected chi connectivity index (χ2v) is 6.49. The van der Waals surface area contributed by atoms with Gasteiger partial charge in [-0.3, -0.25) is 9.78 Å². The summed E-state index contributed by atoms with van der Waals surface area (Å²) in [7, 11) is 1.61. The number of benzene rings is 1. The van der Waals surface area contributed by atoms with Crippen LogP contribution in [0.4, 0.5) is 0 Å². The zero-order chi connectivity index (χ0) is 19.8. The van der Waals surface area contributed by atoms with E-state index in [1.165, 1.54) is 6.33 Å². The lowest BCUT2D eigenvalue weighted by Crippen LogP contribution is -2.22. The van der Waals surface area contributed by atoms with E-state index in [0.29, 0.717) is 28.9 Å². The van der Waals surface area contributed by atoms with Gasteiger partial charge in [0.05, 0.1) is 35.9 Å². The van der Waals surface area contributed by atoms with Crippen LogP contribution in [0.25, 0.3) is 27.9 Å². The Morgan fingerprint density at radius 1 is 1.03 bits per heavy atom. The van der Waals surface area contributed by atoms with Crippen molar-refractivity contribution in [2.45, 2.75) is 6.54 Å².